The number of hydrogen-bond acceptors (Lipinski definition) is 5. The van der Waals surface area contributed by atoms with Gasteiger partial charge in [0.2, 0.25) is 5.91 Å². The van der Waals surface area contributed by atoms with E-state index < -0.39 is 0 Å². The maximum atomic E-state index is 12.8. The number of carbonyl (C=O) groups is 1. The Kier molecular flexibility index (Phi) is 6.08. The van der Waals surface area contributed by atoms with Crippen molar-refractivity contribution in [1.82, 2.24) is 4.90 Å². The molecule has 0 aromatic heterocycles. The number of methoxy groups -OCH3 is 1. The van der Waals surface area contributed by atoms with Crippen molar-refractivity contribution in [1.29, 1.82) is 0 Å². The lowest BCUT2D eigenvalue weighted by atomic mass is 10.0. The second-order valence-electron chi connectivity index (χ2n) is 7.28. The number of rotatable bonds is 6. The first-order chi connectivity index (χ1) is 14.2. The number of likely N-dealkylation sites (tertiary alicyclic amines) is 1. The zero-order valence-corrected chi connectivity index (χ0v) is 16.8. The minimum absolute atomic E-state index is 0.0839. The zero-order valence-electron chi connectivity index (χ0n) is 16.8. The lowest BCUT2D eigenvalue weighted by Crippen LogP contribution is -2.31. The summed E-state index contributed by atoms with van der Waals surface area (Å²) in [5, 5.41) is 0. The maximum Gasteiger partial charge on any atom is 0.226 e. The van der Waals surface area contributed by atoms with Gasteiger partial charge in [-0.1, -0.05) is 6.07 Å². The smallest absolute Gasteiger partial charge is 0.226 e. The topological polar surface area (TPSA) is 57.2 Å². The summed E-state index contributed by atoms with van der Waals surface area (Å²) in [4.78, 5) is 14.8. The first-order valence-electron chi connectivity index (χ1n) is 10.2. The summed E-state index contributed by atoms with van der Waals surface area (Å²) >= 11 is 0. The Bertz CT molecular complexity index is 836. The Morgan fingerprint density at radius 1 is 1.03 bits per heavy atom. The minimum Gasteiger partial charge on any atom is -0.497 e. The third-order valence-electron chi connectivity index (χ3n) is 5.37. The van der Waals surface area contributed by atoms with Crippen molar-refractivity contribution in [3.05, 3.63) is 48.0 Å². The molecule has 6 heteroatoms. The van der Waals surface area contributed by atoms with Gasteiger partial charge in [-0.05, 0) is 54.8 Å². The van der Waals surface area contributed by atoms with E-state index in [4.69, 9.17) is 18.9 Å². The third-order valence-corrected chi connectivity index (χ3v) is 5.37. The molecule has 1 amide bonds. The molecule has 29 heavy (non-hydrogen) atoms. The molecular formula is C23H27NO5. The summed E-state index contributed by atoms with van der Waals surface area (Å²) in [6.45, 7) is 2.47. The number of benzene rings is 2. The molecule has 0 bridgehead atoms. The Balaban J connectivity index is 1.36. The molecule has 0 N–H and O–H groups in total. The van der Waals surface area contributed by atoms with Crippen LogP contribution in [0.5, 0.6) is 23.0 Å². The number of fused-ring (bicyclic) bond motifs is 1. The van der Waals surface area contributed by atoms with Crippen molar-refractivity contribution in [2.24, 2.45) is 0 Å². The molecule has 2 aliphatic rings. The Morgan fingerprint density at radius 3 is 2.59 bits per heavy atom. The maximum absolute atomic E-state index is 12.8. The van der Waals surface area contributed by atoms with E-state index >= 15 is 0 Å². The van der Waals surface area contributed by atoms with E-state index in [0.717, 1.165) is 54.4 Å². The minimum atomic E-state index is 0.0839. The number of amides is 1. The van der Waals surface area contributed by atoms with Crippen molar-refractivity contribution in [3.8, 4) is 23.0 Å². The largest absolute Gasteiger partial charge is 0.497 e. The lowest BCUT2D eigenvalue weighted by molar-refractivity contribution is -0.132. The second-order valence-corrected chi connectivity index (χ2v) is 7.28. The molecule has 0 saturated carbocycles. The van der Waals surface area contributed by atoms with Crippen molar-refractivity contribution in [3.63, 3.8) is 0 Å². The summed E-state index contributed by atoms with van der Waals surface area (Å²) in [6.07, 6.45) is 3.20. The van der Waals surface area contributed by atoms with Gasteiger partial charge in [0, 0.05) is 13.0 Å². The highest BCUT2D eigenvalue weighted by atomic mass is 16.5. The molecule has 0 spiro atoms. The van der Waals surface area contributed by atoms with Gasteiger partial charge < -0.3 is 23.8 Å². The second kappa shape index (κ2) is 9.07. The van der Waals surface area contributed by atoms with Gasteiger partial charge >= 0.3 is 0 Å². The van der Waals surface area contributed by atoms with Gasteiger partial charge in [-0.2, -0.15) is 0 Å². The number of ether oxygens (including phenoxy) is 4. The normalized spacial score (nSPS) is 18.2. The van der Waals surface area contributed by atoms with E-state index in [1.807, 2.05) is 41.3 Å². The molecule has 0 aliphatic carbocycles. The monoisotopic (exact) mass is 397 g/mol. The van der Waals surface area contributed by atoms with Crippen LogP contribution in [-0.2, 0) is 4.79 Å². The molecule has 0 radical (unpaired) electrons. The molecule has 1 fully saturated rings. The average Bonchev–Trinajstić information content (AvgIpc) is 3.13. The molecule has 1 atom stereocenters. The summed E-state index contributed by atoms with van der Waals surface area (Å²) in [7, 11) is 1.63. The summed E-state index contributed by atoms with van der Waals surface area (Å²) in [6, 6.07) is 13.5. The number of nitrogens with zero attached hydrogens (tertiary/aromatic N) is 1. The van der Waals surface area contributed by atoms with Crippen LogP contribution in [0, 0.1) is 0 Å². The molecule has 2 aliphatic heterocycles. The average molecular weight is 397 g/mol. The van der Waals surface area contributed by atoms with Gasteiger partial charge in [0.05, 0.1) is 39.4 Å². The molecule has 1 saturated heterocycles. The van der Waals surface area contributed by atoms with E-state index in [9.17, 15) is 4.79 Å². The van der Waals surface area contributed by atoms with E-state index in [-0.39, 0.29) is 11.9 Å². The van der Waals surface area contributed by atoms with Crippen LogP contribution < -0.4 is 18.9 Å². The molecule has 2 aromatic rings. The molecule has 4 rings (SSSR count). The van der Waals surface area contributed by atoms with Crippen LogP contribution >= 0.6 is 0 Å². The van der Waals surface area contributed by atoms with Crippen LogP contribution in [-0.4, -0.2) is 44.3 Å². The Hall–Kier alpha value is -2.89. The fraction of sp³-hybridized carbons (Fsp3) is 0.435. The molecule has 2 heterocycles. The summed E-state index contributed by atoms with van der Waals surface area (Å²) < 4.78 is 22.4. The van der Waals surface area contributed by atoms with Crippen molar-refractivity contribution < 1.29 is 23.7 Å². The Morgan fingerprint density at radius 2 is 1.79 bits per heavy atom. The predicted octanol–water partition coefficient (Wildman–Crippen LogP) is 3.99. The highest BCUT2D eigenvalue weighted by Crippen LogP contribution is 2.38. The van der Waals surface area contributed by atoms with Crippen molar-refractivity contribution in [2.75, 3.05) is 33.5 Å². The summed E-state index contributed by atoms with van der Waals surface area (Å²) in [5.41, 5.74) is 1.11. The van der Waals surface area contributed by atoms with Crippen LogP contribution in [0.1, 0.15) is 37.3 Å². The molecular weight excluding hydrogens is 370 g/mol. The quantitative estimate of drug-likeness (QED) is 0.738. The zero-order chi connectivity index (χ0) is 20.1. The van der Waals surface area contributed by atoms with Gasteiger partial charge in [0.1, 0.15) is 11.5 Å². The standard InChI is InChI=1S/C23H27NO5/c1-26-18-6-8-19(9-7-18)27-15-11-23(25)24-12-2-4-20(24)17-5-10-21-22(16-17)29-14-3-13-28-21/h5-10,16,20H,2-4,11-15H2,1H3/t20-/m0/s1. The van der Waals surface area contributed by atoms with Gasteiger partial charge in [-0.15, -0.1) is 0 Å². The first kappa shape index (κ1) is 19.4. The van der Waals surface area contributed by atoms with Gasteiger partial charge in [0.15, 0.2) is 11.5 Å². The van der Waals surface area contributed by atoms with Crippen molar-refractivity contribution >= 4 is 5.91 Å². The predicted molar refractivity (Wildman–Crippen MR) is 109 cm³/mol. The van der Waals surface area contributed by atoms with Crippen LogP contribution in [0.3, 0.4) is 0 Å². The van der Waals surface area contributed by atoms with E-state index in [0.29, 0.717) is 26.2 Å². The fourth-order valence-electron chi connectivity index (χ4n) is 3.87. The van der Waals surface area contributed by atoms with Crippen LogP contribution in [0.2, 0.25) is 0 Å². The number of hydrogen-bond donors (Lipinski definition) is 0. The van der Waals surface area contributed by atoms with E-state index in [1.165, 1.54) is 0 Å². The van der Waals surface area contributed by atoms with Crippen LogP contribution in [0.25, 0.3) is 0 Å². The highest BCUT2D eigenvalue weighted by Gasteiger charge is 2.30. The van der Waals surface area contributed by atoms with Crippen LogP contribution in [0.4, 0.5) is 0 Å². The lowest BCUT2D eigenvalue weighted by Gasteiger charge is -2.26. The van der Waals surface area contributed by atoms with Gasteiger partial charge in [0.25, 0.3) is 0 Å². The fourth-order valence-corrected chi connectivity index (χ4v) is 3.87. The summed E-state index contributed by atoms with van der Waals surface area (Å²) in [5.74, 6) is 3.20. The van der Waals surface area contributed by atoms with Crippen molar-refractivity contribution in [2.45, 2.75) is 31.7 Å². The first-order valence-corrected chi connectivity index (χ1v) is 10.2. The van der Waals surface area contributed by atoms with Gasteiger partial charge in [-0.25, -0.2) is 0 Å². The van der Waals surface area contributed by atoms with Crippen LogP contribution in [0.15, 0.2) is 42.5 Å². The molecule has 2 aromatic carbocycles. The van der Waals surface area contributed by atoms with E-state index in [2.05, 4.69) is 6.07 Å². The number of carbonyl (C=O) groups excluding carboxylic acids is 1. The highest BCUT2D eigenvalue weighted by molar-refractivity contribution is 5.77. The molecule has 0 unspecified atom stereocenters. The molecule has 154 valence electrons. The van der Waals surface area contributed by atoms with E-state index in [1.54, 1.807) is 7.11 Å². The Labute approximate surface area is 171 Å². The third kappa shape index (κ3) is 4.58. The van der Waals surface area contributed by atoms with Gasteiger partial charge in [-0.3, -0.25) is 4.79 Å². The molecule has 6 nitrogen and oxygen atoms in total. The SMILES string of the molecule is COc1ccc(OCCC(=O)N2CCC[C@H]2c2ccc3c(c2)OCCCO3)cc1.